The molecule has 6 atom stereocenters. The number of fused-ring (bicyclic) bond motifs is 1. The molecular formula is C16H23ClN5O8P. The van der Waals surface area contributed by atoms with Gasteiger partial charge in [-0.15, -0.1) is 0 Å². The Kier molecular flexibility index (Phi) is 6.50. The fourth-order valence-electron chi connectivity index (χ4n) is 3.84. The van der Waals surface area contributed by atoms with Gasteiger partial charge >= 0.3 is 7.60 Å². The van der Waals surface area contributed by atoms with Crippen LogP contribution in [0.5, 0.6) is 0 Å². The van der Waals surface area contributed by atoms with Crippen molar-refractivity contribution in [1.82, 2.24) is 19.5 Å². The Morgan fingerprint density at radius 2 is 2.03 bits per heavy atom. The number of imidazole rings is 1. The molecule has 2 fully saturated rings. The van der Waals surface area contributed by atoms with Gasteiger partial charge in [-0.05, 0) is 30.9 Å². The van der Waals surface area contributed by atoms with Gasteiger partial charge in [-0.25, -0.2) is 4.98 Å². The lowest BCUT2D eigenvalue weighted by molar-refractivity contribution is -0.0612. The summed E-state index contributed by atoms with van der Waals surface area (Å²) in [7, 11) is -4.37. The van der Waals surface area contributed by atoms with Crippen LogP contribution in [0.1, 0.15) is 25.5 Å². The van der Waals surface area contributed by atoms with Gasteiger partial charge in [-0.2, -0.15) is 9.97 Å². The molecule has 1 aliphatic heterocycles. The van der Waals surface area contributed by atoms with Gasteiger partial charge in [0.15, 0.2) is 23.2 Å². The van der Waals surface area contributed by atoms with Gasteiger partial charge in [0, 0.05) is 6.04 Å². The summed E-state index contributed by atoms with van der Waals surface area (Å²) in [4.78, 5) is 30.4. The molecule has 0 amide bonds. The molecule has 0 spiro atoms. The van der Waals surface area contributed by atoms with E-state index in [0.29, 0.717) is 24.2 Å². The number of hydrogen-bond donors (Lipinski definition) is 6. The molecule has 15 heteroatoms. The molecule has 3 heterocycles. The molecule has 1 saturated heterocycles. The number of rotatable bonds is 7. The largest absolute Gasteiger partial charge is 0.393 e. The minimum atomic E-state index is -4.37. The maximum Gasteiger partial charge on any atom is 0.350 e. The summed E-state index contributed by atoms with van der Waals surface area (Å²) >= 11 is 6.08. The summed E-state index contributed by atoms with van der Waals surface area (Å²) in [6.07, 6.45) is -2.70. The van der Waals surface area contributed by atoms with E-state index in [9.17, 15) is 19.9 Å². The van der Waals surface area contributed by atoms with Gasteiger partial charge in [-0.3, -0.25) is 9.13 Å². The van der Waals surface area contributed by atoms with E-state index in [1.165, 1.54) is 10.9 Å². The molecule has 2 aliphatic rings. The van der Waals surface area contributed by atoms with Crippen LogP contribution in [0.2, 0.25) is 5.28 Å². The number of halogens is 1. The van der Waals surface area contributed by atoms with Crippen molar-refractivity contribution in [2.24, 2.45) is 0 Å². The van der Waals surface area contributed by atoms with E-state index >= 15 is 0 Å². The van der Waals surface area contributed by atoms with Crippen LogP contribution in [-0.4, -0.2) is 88.0 Å². The number of hydrogen-bond acceptors (Lipinski definition) is 10. The number of ether oxygens (including phenoxy) is 2. The summed E-state index contributed by atoms with van der Waals surface area (Å²) < 4.78 is 22.9. The van der Waals surface area contributed by atoms with Crippen molar-refractivity contribution in [2.45, 2.75) is 55.9 Å². The Balaban J connectivity index is 1.54. The summed E-state index contributed by atoms with van der Waals surface area (Å²) in [6, 6.07) is 0.0000119. The third-order valence-electron chi connectivity index (χ3n) is 5.29. The predicted octanol–water partition coefficient (Wildman–Crippen LogP) is -0.424. The van der Waals surface area contributed by atoms with E-state index in [0.717, 1.165) is 6.42 Å². The Morgan fingerprint density at radius 1 is 1.26 bits per heavy atom. The molecule has 31 heavy (non-hydrogen) atoms. The van der Waals surface area contributed by atoms with Crippen molar-refractivity contribution in [2.75, 3.05) is 18.3 Å². The van der Waals surface area contributed by atoms with Gasteiger partial charge in [0.2, 0.25) is 5.28 Å². The topological polar surface area (TPSA) is 192 Å². The van der Waals surface area contributed by atoms with Crippen molar-refractivity contribution < 1.29 is 39.1 Å². The molecule has 1 unspecified atom stereocenters. The Morgan fingerprint density at radius 3 is 2.71 bits per heavy atom. The molecule has 172 valence electrons. The van der Waals surface area contributed by atoms with E-state index in [1.54, 1.807) is 0 Å². The maximum atomic E-state index is 10.9. The number of nitrogens with zero attached hydrogens (tertiary/aromatic N) is 4. The molecule has 2 aromatic rings. The van der Waals surface area contributed by atoms with Gasteiger partial charge in [-0.1, -0.05) is 0 Å². The van der Waals surface area contributed by atoms with Crippen LogP contribution < -0.4 is 5.32 Å². The number of aliphatic hydroxyl groups excluding tert-OH is 3. The first-order valence-corrected chi connectivity index (χ1v) is 11.8. The molecule has 0 radical (unpaired) electrons. The highest BCUT2D eigenvalue weighted by molar-refractivity contribution is 7.51. The van der Waals surface area contributed by atoms with Crippen molar-refractivity contribution >= 4 is 36.2 Å². The van der Waals surface area contributed by atoms with E-state index < -0.39 is 38.5 Å². The second-order valence-electron chi connectivity index (χ2n) is 7.68. The lowest BCUT2D eigenvalue weighted by Gasteiger charge is -2.17. The molecule has 0 aromatic carbocycles. The molecule has 1 saturated carbocycles. The third-order valence-corrected chi connectivity index (χ3v) is 5.98. The first-order chi connectivity index (χ1) is 14.6. The average Bonchev–Trinajstić information content (AvgIpc) is 3.35. The molecule has 0 bridgehead atoms. The summed E-state index contributed by atoms with van der Waals surface area (Å²) in [5, 5.41) is 33.6. The highest BCUT2D eigenvalue weighted by atomic mass is 35.5. The predicted molar refractivity (Wildman–Crippen MR) is 106 cm³/mol. The van der Waals surface area contributed by atoms with Crippen LogP contribution in [0.25, 0.3) is 11.2 Å². The Hall–Kier alpha value is -1.41. The fourth-order valence-corrected chi connectivity index (χ4v) is 4.35. The van der Waals surface area contributed by atoms with Crippen LogP contribution >= 0.6 is 19.2 Å². The van der Waals surface area contributed by atoms with E-state index in [-0.39, 0.29) is 29.7 Å². The second-order valence-corrected chi connectivity index (χ2v) is 9.61. The molecule has 6 N–H and O–H groups in total. The smallest absolute Gasteiger partial charge is 0.350 e. The maximum absolute atomic E-state index is 10.9. The minimum Gasteiger partial charge on any atom is -0.393 e. The van der Waals surface area contributed by atoms with Gasteiger partial charge < -0.3 is 39.9 Å². The number of aromatic nitrogens is 4. The highest BCUT2D eigenvalue weighted by Gasteiger charge is 2.44. The standard InChI is InChI=1S/C16H23ClN5O8P/c17-16-20-13(19-7-1-2-8(23)3-7)10-14(21-16)22(5-18-10)15-12(25)11(24)9(30-15)4-29-6-31(26,27)28/h5,7-9,11-12,15,23-25H,1-4,6H2,(H,19,20,21)(H2,26,27,28)/t7?,8-,9+,11+,12+,15+/m0/s1. The molecule has 2 aromatic heterocycles. The lowest BCUT2D eigenvalue weighted by Crippen LogP contribution is -2.33. The van der Waals surface area contributed by atoms with Crippen LogP contribution in [-0.2, 0) is 14.0 Å². The van der Waals surface area contributed by atoms with Gasteiger partial charge in [0.25, 0.3) is 0 Å². The highest BCUT2D eigenvalue weighted by Crippen LogP contribution is 2.36. The van der Waals surface area contributed by atoms with Crippen molar-refractivity contribution in [3.8, 4) is 0 Å². The molecule has 13 nitrogen and oxygen atoms in total. The summed E-state index contributed by atoms with van der Waals surface area (Å²) in [5.74, 6) is 0.377. The summed E-state index contributed by atoms with van der Waals surface area (Å²) in [6.45, 7) is -0.334. The number of anilines is 1. The van der Waals surface area contributed by atoms with Crippen LogP contribution in [0, 0.1) is 0 Å². The zero-order valence-electron chi connectivity index (χ0n) is 16.2. The van der Waals surface area contributed by atoms with E-state index in [2.05, 4.69) is 20.3 Å². The Labute approximate surface area is 181 Å². The van der Waals surface area contributed by atoms with Crippen molar-refractivity contribution in [1.29, 1.82) is 0 Å². The van der Waals surface area contributed by atoms with Crippen molar-refractivity contribution in [3.05, 3.63) is 11.6 Å². The number of nitrogens with one attached hydrogen (secondary N) is 1. The van der Waals surface area contributed by atoms with Gasteiger partial charge in [0.05, 0.1) is 19.0 Å². The van der Waals surface area contributed by atoms with E-state index in [4.69, 9.17) is 30.9 Å². The van der Waals surface area contributed by atoms with Crippen LogP contribution in [0.15, 0.2) is 6.33 Å². The Bertz CT molecular complexity index is 988. The molecule has 4 rings (SSSR count). The minimum absolute atomic E-state index is 0.0000119. The summed E-state index contributed by atoms with van der Waals surface area (Å²) in [5.41, 5.74) is 0.631. The van der Waals surface area contributed by atoms with E-state index in [1.807, 2.05) is 0 Å². The zero-order valence-corrected chi connectivity index (χ0v) is 17.8. The SMILES string of the molecule is O=P(O)(O)COC[C@H]1O[C@@H](n2cnc3c(NC4CC[C@H](O)C4)nc(Cl)nc32)[C@H](O)[C@@H]1O. The third kappa shape index (κ3) is 5.00. The number of aliphatic hydroxyl groups is 3. The lowest BCUT2D eigenvalue weighted by atomic mass is 10.1. The average molecular weight is 480 g/mol. The fraction of sp³-hybridized carbons (Fsp3) is 0.688. The van der Waals surface area contributed by atoms with Crippen molar-refractivity contribution in [3.63, 3.8) is 0 Å². The van der Waals surface area contributed by atoms with Crippen LogP contribution in [0.3, 0.4) is 0 Å². The molecular weight excluding hydrogens is 457 g/mol. The quantitative estimate of drug-likeness (QED) is 0.222. The zero-order chi connectivity index (χ0) is 22.3. The molecule has 1 aliphatic carbocycles. The second kappa shape index (κ2) is 8.85. The van der Waals surface area contributed by atoms with Gasteiger partial charge in [0.1, 0.15) is 24.7 Å². The first-order valence-electron chi connectivity index (χ1n) is 9.61. The monoisotopic (exact) mass is 479 g/mol. The normalized spacial score (nSPS) is 31.5. The first kappa shape index (κ1) is 22.8. The van der Waals surface area contributed by atoms with Crippen LogP contribution in [0.4, 0.5) is 5.82 Å².